The fourth-order valence-corrected chi connectivity index (χ4v) is 2.20. The Morgan fingerprint density at radius 2 is 2.33 bits per heavy atom. The largest absolute Gasteiger partial charge is 0.466 e. The van der Waals surface area contributed by atoms with Gasteiger partial charge in [-0.1, -0.05) is 17.7 Å². The Morgan fingerprint density at radius 1 is 1.56 bits per heavy atom. The zero-order valence-corrected chi connectivity index (χ0v) is 10.8. The van der Waals surface area contributed by atoms with E-state index in [0.29, 0.717) is 18.2 Å². The molecule has 96 valence electrons. The summed E-state index contributed by atoms with van der Waals surface area (Å²) in [4.78, 5) is 25.1. The smallest absolute Gasteiger partial charge is 0.311 e. The highest BCUT2D eigenvalue weighted by Gasteiger charge is 2.35. The monoisotopic (exact) mass is 267 g/mol. The van der Waals surface area contributed by atoms with Gasteiger partial charge in [0.05, 0.1) is 12.5 Å². The second-order valence-electron chi connectivity index (χ2n) is 4.14. The van der Waals surface area contributed by atoms with Crippen LogP contribution in [0, 0.1) is 5.92 Å². The molecule has 1 saturated heterocycles. The Balaban J connectivity index is 2.12. The quantitative estimate of drug-likeness (QED) is 0.789. The van der Waals surface area contributed by atoms with Crippen LogP contribution < -0.4 is 4.90 Å². The molecule has 1 aromatic carbocycles. The van der Waals surface area contributed by atoms with Crippen molar-refractivity contribution in [2.45, 2.75) is 13.3 Å². The van der Waals surface area contributed by atoms with E-state index in [1.54, 1.807) is 36.1 Å². The van der Waals surface area contributed by atoms with Crippen molar-refractivity contribution in [2.75, 3.05) is 18.1 Å². The highest BCUT2D eigenvalue weighted by molar-refractivity contribution is 6.30. The molecule has 1 aromatic rings. The van der Waals surface area contributed by atoms with Crippen molar-refractivity contribution < 1.29 is 14.3 Å². The highest BCUT2D eigenvalue weighted by Crippen LogP contribution is 2.27. The van der Waals surface area contributed by atoms with Crippen LogP contribution in [0.3, 0.4) is 0 Å². The number of benzene rings is 1. The molecule has 1 amide bonds. The van der Waals surface area contributed by atoms with E-state index >= 15 is 0 Å². The summed E-state index contributed by atoms with van der Waals surface area (Å²) in [6.07, 6.45) is 0.200. The lowest BCUT2D eigenvalue weighted by Gasteiger charge is -2.16. The summed E-state index contributed by atoms with van der Waals surface area (Å²) in [7, 11) is 0. The van der Waals surface area contributed by atoms with Gasteiger partial charge in [-0.3, -0.25) is 9.59 Å². The van der Waals surface area contributed by atoms with Crippen LogP contribution in [0.4, 0.5) is 5.69 Å². The van der Waals surface area contributed by atoms with Gasteiger partial charge in [-0.05, 0) is 25.1 Å². The number of hydrogen-bond donors (Lipinski definition) is 0. The lowest BCUT2D eigenvalue weighted by molar-refractivity contribution is -0.147. The third-order valence-corrected chi connectivity index (χ3v) is 3.10. The van der Waals surface area contributed by atoms with Gasteiger partial charge in [-0.15, -0.1) is 0 Å². The Hall–Kier alpha value is -1.55. The van der Waals surface area contributed by atoms with Crippen LogP contribution in [0.25, 0.3) is 0 Å². The molecule has 1 atom stereocenters. The number of hydrogen-bond acceptors (Lipinski definition) is 3. The van der Waals surface area contributed by atoms with Gasteiger partial charge in [0.25, 0.3) is 0 Å². The first kappa shape index (κ1) is 12.9. The van der Waals surface area contributed by atoms with Crippen molar-refractivity contribution in [2.24, 2.45) is 5.92 Å². The molecule has 0 spiro atoms. The molecule has 0 aliphatic carbocycles. The summed E-state index contributed by atoms with van der Waals surface area (Å²) >= 11 is 5.89. The number of esters is 1. The first-order valence-corrected chi connectivity index (χ1v) is 6.22. The standard InChI is InChI=1S/C13H14ClNO3/c1-2-18-13(17)9-6-12(16)15(8-9)11-5-3-4-10(14)7-11/h3-5,7,9H,2,6,8H2,1H3/t9-/m0/s1. The molecule has 5 heteroatoms. The summed E-state index contributed by atoms with van der Waals surface area (Å²) in [6.45, 7) is 2.45. The minimum atomic E-state index is -0.378. The van der Waals surface area contributed by atoms with Crippen molar-refractivity contribution in [1.82, 2.24) is 0 Å². The minimum absolute atomic E-state index is 0.0738. The predicted molar refractivity (Wildman–Crippen MR) is 68.5 cm³/mol. The second kappa shape index (κ2) is 5.40. The van der Waals surface area contributed by atoms with Gasteiger partial charge in [-0.2, -0.15) is 0 Å². The average Bonchev–Trinajstić information content (AvgIpc) is 2.72. The molecule has 0 N–H and O–H groups in total. The van der Waals surface area contributed by atoms with Crippen LogP contribution in [0.15, 0.2) is 24.3 Å². The molecule has 2 rings (SSSR count). The van der Waals surface area contributed by atoms with Crippen molar-refractivity contribution in [1.29, 1.82) is 0 Å². The van der Waals surface area contributed by atoms with Crippen molar-refractivity contribution in [3.63, 3.8) is 0 Å². The van der Waals surface area contributed by atoms with Crippen LogP contribution in [0.2, 0.25) is 5.02 Å². The first-order chi connectivity index (χ1) is 8.61. The van der Waals surface area contributed by atoms with E-state index in [1.165, 1.54) is 0 Å². The number of amides is 1. The van der Waals surface area contributed by atoms with E-state index in [0.717, 1.165) is 5.69 Å². The van der Waals surface area contributed by atoms with Crippen molar-refractivity contribution >= 4 is 29.2 Å². The van der Waals surface area contributed by atoms with E-state index in [9.17, 15) is 9.59 Å². The Labute approximate surface area is 110 Å². The zero-order valence-electron chi connectivity index (χ0n) is 10.1. The van der Waals surface area contributed by atoms with Crippen molar-refractivity contribution in [3.05, 3.63) is 29.3 Å². The predicted octanol–water partition coefficient (Wildman–Crippen LogP) is 2.26. The average molecular weight is 268 g/mol. The molecule has 1 fully saturated rings. The number of halogens is 1. The third kappa shape index (κ3) is 2.64. The topological polar surface area (TPSA) is 46.6 Å². The molecular formula is C13H14ClNO3. The molecule has 1 aliphatic rings. The lowest BCUT2D eigenvalue weighted by Crippen LogP contribution is -2.26. The maximum absolute atomic E-state index is 11.9. The zero-order chi connectivity index (χ0) is 13.1. The number of rotatable bonds is 3. The number of carbonyl (C=O) groups excluding carboxylic acids is 2. The maximum atomic E-state index is 11.9. The molecule has 0 unspecified atom stereocenters. The van der Waals surface area contributed by atoms with Gasteiger partial charge < -0.3 is 9.64 Å². The Morgan fingerprint density at radius 3 is 3.00 bits per heavy atom. The van der Waals surface area contributed by atoms with Gasteiger partial charge >= 0.3 is 5.97 Å². The van der Waals surface area contributed by atoms with Crippen LogP contribution in [0.5, 0.6) is 0 Å². The normalized spacial score (nSPS) is 19.1. The summed E-state index contributed by atoms with van der Waals surface area (Å²) in [6, 6.07) is 7.04. The lowest BCUT2D eigenvalue weighted by atomic mass is 10.1. The number of nitrogens with zero attached hydrogens (tertiary/aromatic N) is 1. The molecule has 0 saturated carbocycles. The Kier molecular flexibility index (Phi) is 3.87. The fraction of sp³-hybridized carbons (Fsp3) is 0.385. The van der Waals surface area contributed by atoms with Gasteiger partial charge in [0.1, 0.15) is 0 Å². The highest BCUT2D eigenvalue weighted by atomic mass is 35.5. The Bertz CT molecular complexity index is 475. The number of carbonyl (C=O) groups is 2. The van der Waals surface area contributed by atoms with E-state index in [1.807, 2.05) is 0 Å². The summed E-state index contributed by atoms with van der Waals surface area (Å²) in [5.41, 5.74) is 0.722. The number of anilines is 1. The minimum Gasteiger partial charge on any atom is -0.466 e. The van der Waals surface area contributed by atoms with E-state index in [-0.39, 0.29) is 24.2 Å². The summed E-state index contributed by atoms with van der Waals surface area (Å²) in [5.74, 6) is -0.762. The van der Waals surface area contributed by atoms with Gasteiger partial charge in [0.15, 0.2) is 0 Å². The van der Waals surface area contributed by atoms with Crippen LogP contribution in [-0.4, -0.2) is 25.0 Å². The molecule has 0 aromatic heterocycles. The van der Waals surface area contributed by atoms with Crippen molar-refractivity contribution in [3.8, 4) is 0 Å². The summed E-state index contributed by atoms with van der Waals surface area (Å²) < 4.78 is 4.94. The molecule has 18 heavy (non-hydrogen) atoms. The first-order valence-electron chi connectivity index (χ1n) is 5.84. The van der Waals surface area contributed by atoms with Gasteiger partial charge in [-0.25, -0.2) is 0 Å². The second-order valence-corrected chi connectivity index (χ2v) is 4.57. The summed E-state index contributed by atoms with van der Waals surface area (Å²) in [5, 5.41) is 0.569. The molecule has 1 aliphatic heterocycles. The SMILES string of the molecule is CCOC(=O)[C@H]1CC(=O)N(c2cccc(Cl)c2)C1. The van der Waals surface area contributed by atoms with Crippen LogP contribution >= 0.6 is 11.6 Å². The maximum Gasteiger partial charge on any atom is 0.311 e. The molecule has 0 bridgehead atoms. The van der Waals surface area contributed by atoms with E-state index in [4.69, 9.17) is 16.3 Å². The molecular weight excluding hydrogens is 254 g/mol. The molecule has 1 heterocycles. The van der Waals surface area contributed by atoms with E-state index in [2.05, 4.69) is 0 Å². The van der Waals surface area contributed by atoms with Crippen LogP contribution in [0.1, 0.15) is 13.3 Å². The fourth-order valence-electron chi connectivity index (χ4n) is 2.02. The van der Waals surface area contributed by atoms with Gasteiger partial charge in [0.2, 0.25) is 5.91 Å². The van der Waals surface area contributed by atoms with Gasteiger partial charge in [0, 0.05) is 23.7 Å². The van der Waals surface area contributed by atoms with E-state index < -0.39 is 0 Å². The molecule has 4 nitrogen and oxygen atoms in total. The number of ether oxygens (including phenoxy) is 1. The third-order valence-electron chi connectivity index (χ3n) is 2.86. The molecule has 0 radical (unpaired) electrons. The van der Waals surface area contributed by atoms with Crippen LogP contribution in [-0.2, 0) is 14.3 Å².